The smallest absolute Gasteiger partial charge is 0.256 e. The molecule has 0 bridgehead atoms. The number of nitrogens with two attached hydrogens (primary N) is 1. The van der Waals surface area contributed by atoms with Crippen molar-refractivity contribution in [3.05, 3.63) is 45.8 Å². The molecule has 1 aromatic heterocycles. The highest BCUT2D eigenvalue weighted by atomic mass is 79.9. The SMILES string of the molecule is Cc1cc(CN2CCN(C(=O)c3ccc(Br)cc3N)CC2)on1.Cl.Cl. The van der Waals surface area contributed by atoms with Crippen LogP contribution in [0.3, 0.4) is 0 Å². The summed E-state index contributed by atoms with van der Waals surface area (Å²) >= 11 is 3.36. The fourth-order valence-corrected chi connectivity index (χ4v) is 3.10. The fourth-order valence-electron chi connectivity index (χ4n) is 2.72. The van der Waals surface area contributed by atoms with E-state index in [1.54, 1.807) is 12.1 Å². The number of nitrogens with zero attached hydrogens (tertiary/aromatic N) is 3. The van der Waals surface area contributed by atoms with Crippen LogP contribution in [0.1, 0.15) is 21.8 Å². The highest BCUT2D eigenvalue weighted by Gasteiger charge is 2.24. The lowest BCUT2D eigenvalue weighted by molar-refractivity contribution is 0.0618. The maximum Gasteiger partial charge on any atom is 0.256 e. The minimum absolute atomic E-state index is 0. The molecule has 3 rings (SSSR count). The first-order chi connectivity index (χ1) is 11.0. The molecule has 1 aromatic carbocycles. The molecule has 0 saturated carbocycles. The third kappa shape index (κ3) is 5.34. The lowest BCUT2D eigenvalue weighted by atomic mass is 10.1. The maximum atomic E-state index is 12.6. The number of anilines is 1. The number of benzene rings is 1. The van der Waals surface area contributed by atoms with E-state index in [-0.39, 0.29) is 30.7 Å². The molecule has 1 fully saturated rings. The van der Waals surface area contributed by atoms with E-state index in [2.05, 4.69) is 26.0 Å². The van der Waals surface area contributed by atoms with E-state index in [4.69, 9.17) is 10.3 Å². The summed E-state index contributed by atoms with van der Waals surface area (Å²) in [5, 5.41) is 3.90. The van der Waals surface area contributed by atoms with Gasteiger partial charge in [0.1, 0.15) is 0 Å². The second-order valence-corrected chi connectivity index (χ2v) is 6.65. The summed E-state index contributed by atoms with van der Waals surface area (Å²) in [5.74, 6) is 0.851. The van der Waals surface area contributed by atoms with E-state index in [0.29, 0.717) is 24.3 Å². The van der Waals surface area contributed by atoms with Gasteiger partial charge in [-0.05, 0) is 25.1 Å². The van der Waals surface area contributed by atoms with Gasteiger partial charge in [-0.25, -0.2) is 0 Å². The standard InChI is InChI=1S/C16H19BrN4O2.2ClH/c1-11-8-13(23-19-11)10-20-4-6-21(7-5-20)16(22)14-3-2-12(17)9-15(14)18;;/h2-3,8-9H,4-7,10,18H2,1H3;2*1H. The van der Waals surface area contributed by atoms with Gasteiger partial charge in [0.25, 0.3) is 5.91 Å². The molecule has 25 heavy (non-hydrogen) atoms. The highest BCUT2D eigenvalue weighted by Crippen LogP contribution is 2.21. The Morgan fingerprint density at radius 1 is 1.24 bits per heavy atom. The molecule has 2 heterocycles. The van der Waals surface area contributed by atoms with Gasteiger partial charge in [-0.1, -0.05) is 21.1 Å². The van der Waals surface area contributed by atoms with Crippen LogP contribution in [0.4, 0.5) is 5.69 Å². The molecule has 0 spiro atoms. The third-order valence-corrected chi connectivity index (χ3v) is 4.45. The lowest BCUT2D eigenvalue weighted by Crippen LogP contribution is -2.48. The van der Waals surface area contributed by atoms with Gasteiger partial charge in [0.15, 0.2) is 5.76 Å². The number of amides is 1. The third-order valence-electron chi connectivity index (χ3n) is 3.96. The molecular weight excluding hydrogens is 431 g/mol. The Kier molecular flexibility index (Phi) is 8.21. The zero-order valence-electron chi connectivity index (χ0n) is 13.8. The Labute approximate surface area is 167 Å². The Morgan fingerprint density at radius 2 is 1.92 bits per heavy atom. The second kappa shape index (κ2) is 9.43. The van der Waals surface area contributed by atoms with Crippen molar-refractivity contribution in [3.8, 4) is 0 Å². The summed E-state index contributed by atoms with van der Waals surface area (Å²) in [6.07, 6.45) is 0. The van der Waals surface area contributed by atoms with E-state index in [9.17, 15) is 4.79 Å². The fraction of sp³-hybridized carbons (Fsp3) is 0.375. The Balaban J connectivity index is 0.00000156. The monoisotopic (exact) mass is 450 g/mol. The van der Waals surface area contributed by atoms with Crippen LogP contribution in [-0.4, -0.2) is 47.0 Å². The van der Waals surface area contributed by atoms with E-state index in [0.717, 1.165) is 35.6 Å². The summed E-state index contributed by atoms with van der Waals surface area (Å²) in [5.41, 5.74) is 7.91. The van der Waals surface area contributed by atoms with Crippen LogP contribution in [0.15, 0.2) is 33.3 Å². The van der Waals surface area contributed by atoms with Gasteiger partial charge in [0, 0.05) is 42.4 Å². The molecule has 1 amide bonds. The lowest BCUT2D eigenvalue weighted by Gasteiger charge is -2.34. The summed E-state index contributed by atoms with van der Waals surface area (Å²) in [6, 6.07) is 7.31. The molecular formula is C16H21BrCl2N4O2. The zero-order valence-corrected chi connectivity index (χ0v) is 17.0. The Bertz CT molecular complexity index is 718. The highest BCUT2D eigenvalue weighted by molar-refractivity contribution is 9.10. The topological polar surface area (TPSA) is 75.6 Å². The molecule has 2 aromatic rings. The summed E-state index contributed by atoms with van der Waals surface area (Å²) < 4.78 is 6.12. The molecule has 9 heteroatoms. The predicted octanol–water partition coefficient (Wildman–Crippen LogP) is 3.13. The first-order valence-electron chi connectivity index (χ1n) is 7.52. The van der Waals surface area contributed by atoms with Gasteiger partial charge in [-0.15, -0.1) is 24.8 Å². The van der Waals surface area contributed by atoms with Gasteiger partial charge in [0.2, 0.25) is 0 Å². The number of nitrogen functional groups attached to an aromatic ring is 1. The Hall–Kier alpha value is -1.28. The van der Waals surface area contributed by atoms with Gasteiger partial charge in [-0.2, -0.15) is 0 Å². The summed E-state index contributed by atoms with van der Waals surface area (Å²) in [7, 11) is 0. The van der Waals surface area contributed by atoms with Gasteiger partial charge >= 0.3 is 0 Å². The van der Waals surface area contributed by atoms with Crippen molar-refractivity contribution in [1.82, 2.24) is 15.0 Å². The molecule has 0 radical (unpaired) electrons. The quantitative estimate of drug-likeness (QED) is 0.725. The normalized spacial score (nSPS) is 14.6. The van der Waals surface area contributed by atoms with Crippen molar-refractivity contribution in [2.75, 3.05) is 31.9 Å². The average Bonchev–Trinajstić information content (AvgIpc) is 2.92. The van der Waals surface area contributed by atoms with E-state index in [1.807, 2.05) is 24.0 Å². The Morgan fingerprint density at radius 3 is 2.48 bits per heavy atom. The van der Waals surface area contributed by atoms with Crippen molar-refractivity contribution in [1.29, 1.82) is 0 Å². The summed E-state index contributed by atoms with van der Waals surface area (Å²) in [6.45, 7) is 5.61. The molecule has 0 unspecified atom stereocenters. The molecule has 0 aliphatic carbocycles. The van der Waals surface area contributed by atoms with Crippen molar-refractivity contribution >= 4 is 52.3 Å². The molecule has 1 aliphatic rings. The van der Waals surface area contributed by atoms with Crippen LogP contribution < -0.4 is 5.73 Å². The van der Waals surface area contributed by atoms with Crippen LogP contribution in [0.5, 0.6) is 0 Å². The van der Waals surface area contributed by atoms with Crippen LogP contribution in [0, 0.1) is 6.92 Å². The molecule has 0 atom stereocenters. The number of aryl methyl sites for hydroxylation is 1. The first kappa shape index (κ1) is 21.8. The van der Waals surface area contributed by atoms with Crippen molar-refractivity contribution in [3.63, 3.8) is 0 Å². The van der Waals surface area contributed by atoms with Crippen molar-refractivity contribution < 1.29 is 9.32 Å². The number of piperazine rings is 1. The van der Waals surface area contributed by atoms with E-state index >= 15 is 0 Å². The minimum Gasteiger partial charge on any atom is -0.398 e. The van der Waals surface area contributed by atoms with Crippen LogP contribution in [-0.2, 0) is 6.54 Å². The molecule has 1 saturated heterocycles. The van der Waals surface area contributed by atoms with Crippen LogP contribution in [0.25, 0.3) is 0 Å². The zero-order chi connectivity index (χ0) is 16.4. The molecule has 2 N–H and O–H groups in total. The van der Waals surface area contributed by atoms with E-state index in [1.165, 1.54) is 0 Å². The predicted molar refractivity (Wildman–Crippen MR) is 105 cm³/mol. The number of aromatic nitrogens is 1. The minimum atomic E-state index is -0.00911. The number of rotatable bonds is 3. The molecule has 138 valence electrons. The number of carbonyl (C=O) groups is 1. The molecule has 1 aliphatic heterocycles. The molecule has 6 nitrogen and oxygen atoms in total. The number of hydrogen-bond donors (Lipinski definition) is 1. The van der Waals surface area contributed by atoms with Gasteiger partial charge < -0.3 is 15.2 Å². The van der Waals surface area contributed by atoms with E-state index < -0.39 is 0 Å². The van der Waals surface area contributed by atoms with Crippen molar-refractivity contribution in [2.45, 2.75) is 13.5 Å². The first-order valence-corrected chi connectivity index (χ1v) is 8.31. The number of halogens is 3. The summed E-state index contributed by atoms with van der Waals surface area (Å²) in [4.78, 5) is 16.7. The van der Waals surface area contributed by atoms with Crippen LogP contribution in [0.2, 0.25) is 0 Å². The number of carbonyl (C=O) groups excluding carboxylic acids is 1. The van der Waals surface area contributed by atoms with Crippen LogP contribution >= 0.6 is 40.7 Å². The second-order valence-electron chi connectivity index (χ2n) is 5.73. The van der Waals surface area contributed by atoms with Gasteiger partial charge in [-0.3, -0.25) is 9.69 Å². The largest absolute Gasteiger partial charge is 0.398 e. The van der Waals surface area contributed by atoms with Crippen molar-refractivity contribution in [2.24, 2.45) is 0 Å². The number of hydrogen-bond acceptors (Lipinski definition) is 5. The maximum absolute atomic E-state index is 12.6. The van der Waals surface area contributed by atoms with Gasteiger partial charge in [0.05, 0.1) is 17.8 Å². The average molecular weight is 452 g/mol.